The van der Waals surface area contributed by atoms with Crippen molar-refractivity contribution in [1.29, 1.82) is 0 Å². The number of amides is 1. The number of carbonyl (C=O) groups is 2. The summed E-state index contributed by atoms with van der Waals surface area (Å²) < 4.78 is 5.13. The van der Waals surface area contributed by atoms with Crippen molar-refractivity contribution < 1.29 is 19.4 Å². The Labute approximate surface area is 125 Å². The molecule has 0 heterocycles. The first-order valence-corrected chi connectivity index (χ1v) is 7.13. The number of carboxylic acids is 1. The van der Waals surface area contributed by atoms with Crippen LogP contribution >= 0.6 is 0 Å². The summed E-state index contributed by atoms with van der Waals surface area (Å²) >= 11 is 0. The van der Waals surface area contributed by atoms with Crippen molar-refractivity contribution in [3.05, 3.63) is 29.8 Å². The summed E-state index contributed by atoms with van der Waals surface area (Å²) in [6.45, 7) is 3.73. The molecule has 2 atom stereocenters. The Morgan fingerprint density at radius 1 is 1.38 bits per heavy atom. The van der Waals surface area contributed by atoms with E-state index in [-0.39, 0.29) is 18.2 Å². The summed E-state index contributed by atoms with van der Waals surface area (Å²) in [5, 5.41) is 11.7. The van der Waals surface area contributed by atoms with Gasteiger partial charge >= 0.3 is 5.97 Å². The number of carbonyl (C=O) groups excluding carboxylic acids is 1. The summed E-state index contributed by atoms with van der Waals surface area (Å²) in [7, 11) is 1.59. The molecule has 0 saturated carbocycles. The first kappa shape index (κ1) is 17.0. The zero-order valence-corrected chi connectivity index (χ0v) is 12.8. The molecule has 2 N–H and O–H groups in total. The number of carboxylic acid groups (broad SMARTS) is 1. The van der Waals surface area contributed by atoms with Gasteiger partial charge in [-0.1, -0.05) is 32.4 Å². The minimum Gasteiger partial charge on any atom is -0.497 e. The molecular formula is C16H23NO4. The highest BCUT2D eigenvalue weighted by Crippen LogP contribution is 2.14. The largest absolute Gasteiger partial charge is 0.497 e. The molecule has 2 unspecified atom stereocenters. The van der Waals surface area contributed by atoms with Gasteiger partial charge in [0.15, 0.2) is 0 Å². The Bertz CT molecular complexity index is 487. The lowest BCUT2D eigenvalue weighted by molar-refractivity contribution is -0.143. The molecule has 0 radical (unpaired) electrons. The van der Waals surface area contributed by atoms with E-state index in [4.69, 9.17) is 9.84 Å². The summed E-state index contributed by atoms with van der Waals surface area (Å²) in [5.41, 5.74) is 0.986. The molecular weight excluding hydrogens is 270 g/mol. The SMILES string of the molecule is CCC(C)C(NC(=O)CCc1cccc(OC)c1)C(=O)O. The zero-order chi connectivity index (χ0) is 15.8. The third-order valence-electron chi connectivity index (χ3n) is 3.57. The van der Waals surface area contributed by atoms with Gasteiger partial charge in [-0.25, -0.2) is 4.79 Å². The van der Waals surface area contributed by atoms with Crippen LogP contribution in [0.4, 0.5) is 0 Å². The van der Waals surface area contributed by atoms with Crippen LogP contribution in [0, 0.1) is 5.92 Å². The van der Waals surface area contributed by atoms with Gasteiger partial charge in [-0.3, -0.25) is 4.79 Å². The summed E-state index contributed by atoms with van der Waals surface area (Å²) in [4.78, 5) is 23.1. The van der Waals surface area contributed by atoms with Crippen LogP contribution in [0.3, 0.4) is 0 Å². The monoisotopic (exact) mass is 293 g/mol. The highest BCUT2D eigenvalue weighted by atomic mass is 16.5. The van der Waals surface area contributed by atoms with E-state index in [0.29, 0.717) is 12.8 Å². The lowest BCUT2D eigenvalue weighted by Gasteiger charge is -2.20. The van der Waals surface area contributed by atoms with Gasteiger partial charge in [0.2, 0.25) is 5.91 Å². The van der Waals surface area contributed by atoms with Crippen molar-refractivity contribution in [1.82, 2.24) is 5.32 Å². The fourth-order valence-electron chi connectivity index (χ4n) is 2.01. The maximum absolute atomic E-state index is 11.9. The molecule has 0 spiro atoms. The normalized spacial score (nSPS) is 13.3. The number of hydrogen-bond donors (Lipinski definition) is 2. The second kappa shape index (κ2) is 8.29. The predicted octanol–water partition coefficient (Wildman–Crippen LogP) is 2.24. The fraction of sp³-hybridized carbons (Fsp3) is 0.500. The second-order valence-electron chi connectivity index (χ2n) is 5.12. The number of aliphatic carboxylic acids is 1. The average molecular weight is 293 g/mol. The van der Waals surface area contributed by atoms with Crippen LogP contribution in [-0.2, 0) is 16.0 Å². The van der Waals surface area contributed by atoms with Crippen LogP contribution in [0.2, 0.25) is 0 Å². The van der Waals surface area contributed by atoms with Crippen LogP contribution < -0.4 is 10.1 Å². The first-order valence-electron chi connectivity index (χ1n) is 7.13. The third kappa shape index (κ3) is 5.45. The summed E-state index contributed by atoms with van der Waals surface area (Å²) in [6, 6.07) is 6.67. The number of nitrogens with one attached hydrogen (secondary N) is 1. The van der Waals surface area contributed by atoms with E-state index in [2.05, 4.69) is 5.32 Å². The Morgan fingerprint density at radius 3 is 2.67 bits per heavy atom. The standard InChI is InChI=1S/C16H23NO4/c1-4-11(2)15(16(19)20)17-14(18)9-8-12-6-5-7-13(10-12)21-3/h5-7,10-11,15H,4,8-9H2,1-3H3,(H,17,18)(H,19,20). The van der Waals surface area contributed by atoms with Gasteiger partial charge in [0.05, 0.1) is 7.11 Å². The highest BCUT2D eigenvalue weighted by molar-refractivity contribution is 5.83. The molecule has 5 heteroatoms. The van der Waals surface area contributed by atoms with E-state index in [9.17, 15) is 9.59 Å². The molecule has 0 aliphatic rings. The molecule has 1 rings (SSSR count). The van der Waals surface area contributed by atoms with E-state index >= 15 is 0 Å². The van der Waals surface area contributed by atoms with Gasteiger partial charge in [0.25, 0.3) is 0 Å². The number of rotatable bonds is 8. The number of ether oxygens (including phenoxy) is 1. The third-order valence-corrected chi connectivity index (χ3v) is 3.57. The number of methoxy groups -OCH3 is 1. The van der Waals surface area contributed by atoms with Gasteiger partial charge in [0, 0.05) is 6.42 Å². The Hall–Kier alpha value is -2.04. The van der Waals surface area contributed by atoms with Crippen LogP contribution in [-0.4, -0.2) is 30.1 Å². The maximum Gasteiger partial charge on any atom is 0.326 e. The van der Waals surface area contributed by atoms with Crippen molar-refractivity contribution in [3.63, 3.8) is 0 Å². The predicted molar refractivity (Wildman–Crippen MR) is 80.3 cm³/mol. The number of aryl methyl sites for hydroxylation is 1. The smallest absolute Gasteiger partial charge is 0.326 e. The lowest BCUT2D eigenvalue weighted by Crippen LogP contribution is -2.45. The van der Waals surface area contributed by atoms with Crippen molar-refractivity contribution in [2.24, 2.45) is 5.92 Å². The molecule has 21 heavy (non-hydrogen) atoms. The molecule has 0 aromatic heterocycles. The summed E-state index contributed by atoms with van der Waals surface area (Å²) in [6.07, 6.45) is 1.51. The second-order valence-corrected chi connectivity index (χ2v) is 5.12. The Balaban J connectivity index is 2.54. The molecule has 0 aliphatic heterocycles. The van der Waals surface area contributed by atoms with E-state index in [1.807, 2.05) is 38.1 Å². The molecule has 0 fully saturated rings. The van der Waals surface area contributed by atoms with Gasteiger partial charge in [-0.05, 0) is 30.0 Å². The molecule has 0 aliphatic carbocycles. The van der Waals surface area contributed by atoms with Crippen LogP contribution in [0.1, 0.15) is 32.3 Å². The molecule has 116 valence electrons. The first-order chi connectivity index (χ1) is 9.97. The Morgan fingerprint density at radius 2 is 2.10 bits per heavy atom. The van der Waals surface area contributed by atoms with Crippen molar-refractivity contribution >= 4 is 11.9 Å². The Kier molecular flexibility index (Phi) is 6.72. The van der Waals surface area contributed by atoms with E-state index in [1.54, 1.807) is 7.11 Å². The molecule has 5 nitrogen and oxygen atoms in total. The minimum atomic E-state index is -0.987. The molecule has 0 saturated heterocycles. The van der Waals surface area contributed by atoms with Gasteiger partial charge < -0.3 is 15.2 Å². The topological polar surface area (TPSA) is 75.6 Å². The van der Waals surface area contributed by atoms with Gasteiger partial charge in [0.1, 0.15) is 11.8 Å². The molecule has 1 amide bonds. The number of benzene rings is 1. The van der Waals surface area contributed by atoms with E-state index < -0.39 is 12.0 Å². The average Bonchev–Trinajstić information content (AvgIpc) is 2.49. The molecule has 0 bridgehead atoms. The lowest BCUT2D eigenvalue weighted by atomic mass is 9.99. The molecule has 1 aromatic rings. The van der Waals surface area contributed by atoms with Crippen LogP contribution in [0.5, 0.6) is 5.75 Å². The highest BCUT2D eigenvalue weighted by Gasteiger charge is 2.24. The van der Waals surface area contributed by atoms with E-state index in [1.165, 1.54) is 0 Å². The van der Waals surface area contributed by atoms with Gasteiger partial charge in [-0.15, -0.1) is 0 Å². The van der Waals surface area contributed by atoms with Gasteiger partial charge in [-0.2, -0.15) is 0 Å². The number of hydrogen-bond acceptors (Lipinski definition) is 3. The summed E-state index contributed by atoms with van der Waals surface area (Å²) in [5.74, 6) is -0.580. The quantitative estimate of drug-likeness (QED) is 0.770. The van der Waals surface area contributed by atoms with Crippen molar-refractivity contribution in [3.8, 4) is 5.75 Å². The minimum absolute atomic E-state index is 0.0942. The van der Waals surface area contributed by atoms with Crippen molar-refractivity contribution in [2.75, 3.05) is 7.11 Å². The molecule has 1 aromatic carbocycles. The van der Waals surface area contributed by atoms with Crippen molar-refractivity contribution in [2.45, 2.75) is 39.2 Å². The van der Waals surface area contributed by atoms with Crippen LogP contribution in [0.25, 0.3) is 0 Å². The maximum atomic E-state index is 11.9. The fourth-order valence-corrected chi connectivity index (χ4v) is 2.01. The zero-order valence-electron chi connectivity index (χ0n) is 12.8. The van der Waals surface area contributed by atoms with Crippen LogP contribution in [0.15, 0.2) is 24.3 Å². The van der Waals surface area contributed by atoms with E-state index in [0.717, 1.165) is 11.3 Å².